The molecule has 0 spiro atoms. The van der Waals surface area contributed by atoms with Crippen LogP contribution < -0.4 is 0 Å². The van der Waals surface area contributed by atoms with Crippen molar-refractivity contribution in [2.75, 3.05) is 0 Å². The predicted octanol–water partition coefficient (Wildman–Crippen LogP) is 3.51. The third kappa shape index (κ3) is 3.28. The molecule has 0 aromatic carbocycles. The molecule has 14 heavy (non-hydrogen) atoms. The van der Waals surface area contributed by atoms with Gasteiger partial charge in [0.05, 0.1) is 11.2 Å². The summed E-state index contributed by atoms with van der Waals surface area (Å²) in [6.45, 7) is 14.6. The topological polar surface area (TPSA) is 18.5 Å². The lowest BCUT2D eigenvalue weighted by Gasteiger charge is -2.32. The number of hydrogen-bond acceptors (Lipinski definition) is 2. The lowest BCUT2D eigenvalue weighted by molar-refractivity contribution is 0.00578. The first-order valence-electron chi connectivity index (χ1n) is 5.66. The maximum Gasteiger partial charge on any atom is 0.457 e. The van der Waals surface area contributed by atoms with Gasteiger partial charge >= 0.3 is 7.12 Å². The molecule has 0 unspecified atom stereocenters. The molecule has 0 aliphatic carbocycles. The summed E-state index contributed by atoms with van der Waals surface area (Å²) in [4.78, 5) is 0. The summed E-state index contributed by atoms with van der Waals surface area (Å²) in [5.74, 6) is 0. The van der Waals surface area contributed by atoms with E-state index in [1.165, 1.54) is 6.42 Å². The monoisotopic (exact) mass is 200 g/mol. The Kier molecular flexibility index (Phi) is 5.17. The van der Waals surface area contributed by atoms with Crippen molar-refractivity contribution in [3.8, 4) is 0 Å². The molecule has 1 aliphatic heterocycles. The first-order valence-corrected chi connectivity index (χ1v) is 5.66. The van der Waals surface area contributed by atoms with Crippen molar-refractivity contribution in [3.05, 3.63) is 0 Å². The average molecular weight is 200 g/mol. The van der Waals surface area contributed by atoms with E-state index in [1.807, 2.05) is 0 Å². The zero-order valence-corrected chi connectivity index (χ0v) is 10.8. The van der Waals surface area contributed by atoms with Crippen LogP contribution in [0, 0.1) is 0 Å². The van der Waals surface area contributed by atoms with Crippen LogP contribution in [0.4, 0.5) is 0 Å². The van der Waals surface area contributed by atoms with Gasteiger partial charge in [0.1, 0.15) is 0 Å². The minimum Gasteiger partial charge on any atom is -0.403 e. The molecule has 0 aromatic heterocycles. The molecular weight excluding hydrogens is 175 g/mol. The van der Waals surface area contributed by atoms with Crippen LogP contribution in [-0.2, 0) is 9.31 Å². The lowest BCUT2D eigenvalue weighted by atomic mass is 9.87. The maximum absolute atomic E-state index is 5.69. The number of rotatable bonds is 1. The van der Waals surface area contributed by atoms with Gasteiger partial charge in [0.15, 0.2) is 0 Å². The Morgan fingerprint density at radius 3 is 1.29 bits per heavy atom. The smallest absolute Gasteiger partial charge is 0.403 e. The van der Waals surface area contributed by atoms with Crippen LogP contribution >= 0.6 is 0 Å². The van der Waals surface area contributed by atoms with Crippen LogP contribution in [0.15, 0.2) is 0 Å². The second-order valence-electron chi connectivity index (χ2n) is 4.80. The van der Waals surface area contributed by atoms with Crippen LogP contribution in [0.5, 0.6) is 0 Å². The molecule has 0 saturated carbocycles. The predicted molar refractivity (Wildman–Crippen MR) is 62.5 cm³/mol. The van der Waals surface area contributed by atoms with E-state index >= 15 is 0 Å². The zero-order chi connectivity index (χ0) is 11.4. The highest BCUT2D eigenvalue weighted by Gasteiger charge is 2.49. The third-order valence-electron chi connectivity index (χ3n) is 2.64. The molecule has 0 N–H and O–H groups in total. The molecule has 84 valence electrons. The highest BCUT2D eigenvalue weighted by molar-refractivity contribution is 6.45. The van der Waals surface area contributed by atoms with Gasteiger partial charge in [0.2, 0.25) is 0 Å². The Morgan fingerprint density at radius 2 is 1.14 bits per heavy atom. The molecule has 2 nitrogen and oxygen atoms in total. The van der Waals surface area contributed by atoms with Crippen LogP contribution in [-0.4, -0.2) is 18.3 Å². The molecule has 1 aliphatic rings. The van der Waals surface area contributed by atoms with Crippen LogP contribution in [0.25, 0.3) is 0 Å². The van der Waals surface area contributed by atoms with E-state index in [2.05, 4.69) is 48.5 Å². The molecule has 1 fully saturated rings. The van der Waals surface area contributed by atoms with Crippen molar-refractivity contribution in [2.24, 2.45) is 0 Å². The van der Waals surface area contributed by atoms with Gasteiger partial charge in [-0.1, -0.05) is 27.2 Å². The van der Waals surface area contributed by atoms with Gasteiger partial charge in [-0.15, -0.1) is 0 Å². The van der Waals surface area contributed by atoms with Gasteiger partial charge in [0.25, 0.3) is 0 Å². The van der Waals surface area contributed by atoms with Crippen molar-refractivity contribution in [3.63, 3.8) is 0 Å². The molecule has 1 saturated heterocycles. The van der Waals surface area contributed by atoms with Crippen molar-refractivity contribution in [1.82, 2.24) is 0 Å². The fraction of sp³-hybridized carbons (Fsp3) is 1.00. The fourth-order valence-electron chi connectivity index (χ4n) is 1.13. The Labute approximate surface area is 89.5 Å². The van der Waals surface area contributed by atoms with Gasteiger partial charge in [-0.05, 0) is 34.0 Å². The quantitative estimate of drug-likeness (QED) is 0.603. The molecular formula is C11H25BO2. The van der Waals surface area contributed by atoms with E-state index < -0.39 is 0 Å². The number of hydrogen-bond donors (Lipinski definition) is 0. The normalized spacial score (nSPS) is 22.9. The summed E-state index contributed by atoms with van der Waals surface area (Å²) < 4.78 is 11.4. The lowest BCUT2D eigenvalue weighted by Crippen LogP contribution is -2.41. The van der Waals surface area contributed by atoms with Crippen LogP contribution in [0.1, 0.15) is 54.9 Å². The standard InChI is InChI=1S/C8H17BO2.C3H8/c1-6-9-10-7(2,3)8(4,5)11-9;1-3-2/h6H2,1-5H3;3H2,1-2H3. The summed E-state index contributed by atoms with van der Waals surface area (Å²) in [5, 5.41) is 0. The first-order chi connectivity index (χ1) is 6.30. The zero-order valence-electron chi connectivity index (χ0n) is 10.8. The minimum atomic E-state index is -0.159. The molecule has 0 radical (unpaired) electrons. The second kappa shape index (κ2) is 5.17. The average Bonchev–Trinajstić information content (AvgIpc) is 2.23. The maximum atomic E-state index is 5.69. The van der Waals surface area contributed by atoms with Gasteiger partial charge in [-0.2, -0.15) is 0 Å². The Balaban J connectivity index is 0.000000500. The fourth-order valence-corrected chi connectivity index (χ4v) is 1.13. The summed E-state index contributed by atoms with van der Waals surface area (Å²) in [7, 11) is -0.0139. The van der Waals surface area contributed by atoms with Crippen LogP contribution in [0.2, 0.25) is 6.32 Å². The highest BCUT2D eigenvalue weighted by Crippen LogP contribution is 2.37. The summed E-state index contributed by atoms with van der Waals surface area (Å²) in [6, 6.07) is 0. The van der Waals surface area contributed by atoms with E-state index in [4.69, 9.17) is 9.31 Å². The van der Waals surface area contributed by atoms with E-state index in [-0.39, 0.29) is 18.3 Å². The summed E-state index contributed by atoms with van der Waals surface area (Å²) in [6.07, 6.45) is 2.17. The van der Waals surface area contributed by atoms with Crippen molar-refractivity contribution < 1.29 is 9.31 Å². The third-order valence-corrected chi connectivity index (χ3v) is 2.64. The van der Waals surface area contributed by atoms with Gasteiger partial charge in [-0.3, -0.25) is 0 Å². The summed E-state index contributed by atoms with van der Waals surface area (Å²) >= 11 is 0. The van der Waals surface area contributed by atoms with Crippen molar-refractivity contribution >= 4 is 7.12 Å². The summed E-state index contributed by atoms with van der Waals surface area (Å²) in [5.41, 5.74) is -0.318. The second-order valence-corrected chi connectivity index (χ2v) is 4.80. The Morgan fingerprint density at radius 1 is 0.857 bits per heavy atom. The van der Waals surface area contributed by atoms with Crippen molar-refractivity contribution in [2.45, 2.75) is 72.4 Å². The minimum absolute atomic E-state index is 0.0139. The van der Waals surface area contributed by atoms with E-state index in [1.54, 1.807) is 0 Å². The van der Waals surface area contributed by atoms with Gasteiger partial charge < -0.3 is 9.31 Å². The van der Waals surface area contributed by atoms with E-state index in [0.29, 0.717) is 0 Å². The SMILES string of the molecule is CCB1OC(C)(C)C(C)(C)O1.CCC. The Bertz CT molecular complexity index is 151. The van der Waals surface area contributed by atoms with E-state index in [9.17, 15) is 0 Å². The van der Waals surface area contributed by atoms with Crippen molar-refractivity contribution in [1.29, 1.82) is 0 Å². The van der Waals surface area contributed by atoms with Gasteiger partial charge in [-0.25, -0.2) is 0 Å². The molecule has 0 atom stereocenters. The molecule has 0 aromatic rings. The molecule has 0 amide bonds. The molecule has 0 bridgehead atoms. The molecule has 1 rings (SSSR count). The molecule has 1 heterocycles. The molecule has 3 heteroatoms. The largest absolute Gasteiger partial charge is 0.457 e. The Hall–Kier alpha value is -0.0151. The first kappa shape index (κ1) is 14.0. The van der Waals surface area contributed by atoms with Gasteiger partial charge in [0, 0.05) is 0 Å². The highest BCUT2D eigenvalue weighted by atomic mass is 16.7. The van der Waals surface area contributed by atoms with Crippen LogP contribution in [0.3, 0.4) is 0 Å². The van der Waals surface area contributed by atoms with E-state index in [0.717, 1.165) is 6.32 Å².